The molecular formula is C11H14FNO3S. The molecule has 4 nitrogen and oxygen atoms in total. The van der Waals surface area contributed by atoms with Crippen molar-refractivity contribution in [3.63, 3.8) is 0 Å². The van der Waals surface area contributed by atoms with E-state index in [2.05, 4.69) is 0 Å². The number of hydrogen-bond acceptors (Lipinski definition) is 3. The van der Waals surface area contributed by atoms with Crippen LogP contribution in [0, 0.1) is 0 Å². The van der Waals surface area contributed by atoms with E-state index in [1.807, 2.05) is 6.92 Å². The molecule has 0 unspecified atom stereocenters. The summed E-state index contributed by atoms with van der Waals surface area (Å²) in [5.41, 5.74) is 0.528. The van der Waals surface area contributed by atoms with E-state index in [-0.39, 0.29) is 11.5 Å². The first kappa shape index (κ1) is 13.7. The summed E-state index contributed by atoms with van der Waals surface area (Å²) in [6, 6.07) is 5.64. The van der Waals surface area contributed by atoms with E-state index in [0.29, 0.717) is 24.1 Å². The first-order valence-corrected chi connectivity index (χ1v) is 6.55. The summed E-state index contributed by atoms with van der Waals surface area (Å²) in [5.74, 6) is 0.463. The quantitative estimate of drug-likeness (QED) is 0.879. The van der Waals surface area contributed by atoms with Gasteiger partial charge < -0.3 is 4.74 Å². The molecule has 0 aliphatic carbocycles. The van der Waals surface area contributed by atoms with Crippen molar-refractivity contribution in [2.24, 2.45) is 5.14 Å². The largest absolute Gasteiger partial charge is 0.489 e. The van der Waals surface area contributed by atoms with E-state index in [9.17, 15) is 12.8 Å². The van der Waals surface area contributed by atoms with E-state index < -0.39 is 10.0 Å². The standard InChI is InChI=1S/C11H14FNO3S/c1-2-9(7-12)8-16-10-3-5-11(6-4-10)17(13,14)15/h3-7H,2,8H2,1H3,(H2,13,14,15)/b9-7+. The van der Waals surface area contributed by atoms with Gasteiger partial charge in [-0.3, -0.25) is 0 Å². The summed E-state index contributed by atoms with van der Waals surface area (Å²) in [6.07, 6.45) is 1.07. The van der Waals surface area contributed by atoms with Crippen LogP contribution in [0.1, 0.15) is 13.3 Å². The molecule has 1 aromatic rings. The molecule has 0 radical (unpaired) electrons. The molecule has 0 aliphatic heterocycles. The van der Waals surface area contributed by atoms with Crippen molar-refractivity contribution < 1.29 is 17.5 Å². The zero-order valence-corrected chi connectivity index (χ0v) is 10.2. The Labute approximate surface area is 99.9 Å². The minimum atomic E-state index is -3.69. The smallest absolute Gasteiger partial charge is 0.238 e. The second kappa shape index (κ2) is 5.79. The van der Waals surface area contributed by atoms with Gasteiger partial charge in [0.1, 0.15) is 12.4 Å². The van der Waals surface area contributed by atoms with E-state index in [4.69, 9.17) is 9.88 Å². The Morgan fingerprint density at radius 2 is 2.00 bits per heavy atom. The van der Waals surface area contributed by atoms with Gasteiger partial charge in [-0.1, -0.05) is 6.92 Å². The van der Waals surface area contributed by atoms with Crippen molar-refractivity contribution in [3.05, 3.63) is 36.2 Å². The lowest BCUT2D eigenvalue weighted by Crippen LogP contribution is -2.11. The highest BCUT2D eigenvalue weighted by atomic mass is 32.2. The van der Waals surface area contributed by atoms with Gasteiger partial charge in [-0.2, -0.15) is 0 Å². The van der Waals surface area contributed by atoms with Crippen LogP contribution in [0.5, 0.6) is 5.75 Å². The molecule has 0 amide bonds. The van der Waals surface area contributed by atoms with E-state index in [1.165, 1.54) is 24.3 Å². The van der Waals surface area contributed by atoms with Crippen molar-refractivity contribution in [1.29, 1.82) is 0 Å². The lowest BCUT2D eigenvalue weighted by atomic mass is 10.2. The SMILES string of the molecule is CC/C(=C\F)COc1ccc(S(N)(=O)=O)cc1. The number of rotatable bonds is 5. The topological polar surface area (TPSA) is 69.4 Å². The fourth-order valence-corrected chi connectivity index (χ4v) is 1.63. The van der Waals surface area contributed by atoms with Crippen LogP contribution < -0.4 is 9.88 Å². The fourth-order valence-electron chi connectivity index (χ4n) is 1.11. The number of ether oxygens (including phenoxy) is 1. The van der Waals surface area contributed by atoms with Gasteiger partial charge in [0.2, 0.25) is 10.0 Å². The highest BCUT2D eigenvalue weighted by Gasteiger charge is 2.07. The summed E-state index contributed by atoms with van der Waals surface area (Å²) >= 11 is 0. The van der Waals surface area contributed by atoms with Gasteiger partial charge in [0.25, 0.3) is 0 Å². The lowest BCUT2D eigenvalue weighted by Gasteiger charge is -2.07. The second-order valence-corrected chi connectivity index (χ2v) is 4.99. The van der Waals surface area contributed by atoms with Crippen LogP contribution in [0.3, 0.4) is 0 Å². The Balaban J connectivity index is 2.70. The molecule has 17 heavy (non-hydrogen) atoms. The number of benzene rings is 1. The summed E-state index contributed by atoms with van der Waals surface area (Å²) in [7, 11) is -3.69. The first-order valence-electron chi connectivity index (χ1n) is 5.01. The highest BCUT2D eigenvalue weighted by Crippen LogP contribution is 2.16. The van der Waals surface area contributed by atoms with Gasteiger partial charge in [0, 0.05) is 0 Å². The molecule has 0 fully saturated rings. The third-order valence-corrected chi connectivity index (χ3v) is 3.11. The second-order valence-electron chi connectivity index (χ2n) is 3.43. The minimum absolute atomic E-state index is 0.0154. The van der Waals surface area contributed by atoms with Gasteiger partial charge in [-0.25, -0.2) is 17.9 Å². The van der Waals surface area contributed by atoms with Crippen LogP contribution in [0.25, 0.3) is 0 Å². The van der Waals surface area contributed by atoms with Crippen LogP contribution in [0.4, 0.5) is 4.39 Å². The van der Waals surface area contributed by atoms with Crippen LogP contribution >= 0.6 is 0 Å². The molecule has 0 aliphatic rings. The summed E-state index contributed by atoms with van der Waals surface area (Å²) < 4.78 is 39.5. The number of hydrogen-bond donors (Lipinski definition) is 1. The van der Waals surface area contributed by atoms with Crippen molar-refractivity contribution >= 4 is 10.0 Å². The molecule has 1 aromatic carbocycles. The van der Waals surface area contributed by atoms with E-state index in [0.717, 1.165) is 0 Å². The van der Waals surface area contributed by atoms with Gasteiger partial charge in [-0.05, 0) is 36.3 Å². The van der Waals surface area contributed by atoms with Crippen molar-refractivity contribution in [3.8, 4) is 5.75 Å². The summed E-state index contributed by atoms with van der Waals surface area (Å²) in [4.78, 5) is 0.0154. The predicted molar refractivity (Wildman–Crippen MR) is 62.8 cm³/mol. The highest BCUT2D eigenvalue weighted by molar-refractivity contribution is 7.89. The molecule has 2 N–H and O–H groups in total. The maximum absolute atomic E-state index is 12.2. The molecular weight excluding hydrogens is 245 g/mol. The summed E-state index contributed by atoms with van der Waals surface area (Å²) in [6.45, 7) is 1.96. The number of primary sulfonamides is 1. The number of sulfonamides is 1. The Bertz CT molecular complexity index is 494. The van der Waals surface area contributed by atoms with E-state index >= 15 is 0 Å². The molecule has 0 saturated carbocycles. The fraction of sp³-hybridized carbons (Fsp3) is 0.273. The average molecular weight is 259 g/mol. The van der Waals surface area contributed by atoms with Crippen LogP contribution in [0.15, 0.2) is 41.1 Å². The molecule has 0 bridgehead atoms. The Morgan fingerprint density at radius 3 is 2.41 bits per heavy atom. The Hall–Kier alpha value is -1.40. The number of halogens is 1. The molecule has 0 atom stereocenters. The maximum atomic E-state index is 12.2. The van der Waals surface area contributed by atoms with Crippen molar-refractivity contribution in [2.45, 2.75) is 18.2 Å². The maximum Gasteiger partial charge on any atom is 0.238 e. The Morgan fingerprint density at radius 1 is 1.41 bits per heavy atom. The van der Waals surface area contributed by atoms with Crippen LogP contribution in [-0.4, -0.2) is 15.0 Å². The van der Waals surface area contributed by atoms with Crippen LogP contribution in [-0.2, 0) is 10.0 Å². The first-order chi connectivity index (χ1) is 7.97. The van der Waals surface area contributed by atoms with Gasteiger partial charge in [0.05, 0.1) is 11.2 Å². The minimum Gasteiger partial charge on any atom is -0.489 e. The third kappa shape index (κ3) is 4.16. The van der Waals surface area contributed by atoms with Crippen LogP contribution in [0.2, 0.25) is 0 Å². The predicted octanol–water partition coefficient (Wildman–Crippen LogP) is 1.98. The lowest BCUT2D eigenvalue weighted by molar-refractivity contribution is 0.345. The molecule has 94 valence electrons. The molecule has 0 aromatic heterocycles. The molecule has 0 saturated heterocycles. The monoisotopic (exact) mass is 259 g/mol. The van der Waals surface area contributed by atoms with Gasteiger partial charge in [-0.15, -0.1) is 0 Å². The molecule has 6 heteroatoms. The molecule has 0 heterocycles. The average Bonchev–Trinajstić information content (AvgIpc) is 2.30. The molecule has 1 rings (SSSR count). The zero-order valence-electron chi connectivity index (χ0n) is 9.39. The van der Waals surface area contributed by atoms with Crippen molar-refractivity contribution in [2.75, 3.05) is 6.61 Å². The van der Waals surface area contributed by atoms with Gasteiger partial charge in [0.15, 0.2) is 0 Å². The van der Waals surface area contributed by atoms with E-state index in [1.54, 1.807) is 0 Å². The summed E-state index contributed by atoms with van der Waals surface area (Å²) in [5, 5.41) is 4.94. The molecule has 0 spiro atoms. The van der Waals surface area contributed by atoms with Crippen molar-refractivity contribution in [1.82, 2.24) is 0 Å². The third-order valence-electron chi connectivity index (χ3n) is 2.18. The number of nitrogens with two attached hydrogens (primary N) is 1. The van der Waals surface area contributed by atoms with Gasteiger partial charge >= 0.3 is 0 Å². The zero-order chi connectivity index (χ0) is 12.9. The normalized spacial score (nSPS) is 12.5. The Kier molecular flexibility index (Phi) is 4.65.